The lowest BCUT2D eigenvalue weighted by molar-refractivity contribution is 0.0980. The molecule has 22 heavy (non-hydrogen) atoms. The Labute approximate surface area is 132 Å². The first-order chi connectivity index (χ1) is 10.5. The van der Waals surface area contributed by atoms with Crippen molar-refractivity contribution in [1.29, 1.82) is 0 Å². The zero-order valence-corrected chi connectivity index (χ0v) is 13.6. The van der Waals surface area contributed by atoms with Crippen molar-refractivity contribution in [3.63, 3.8) is 0 Å². The number of fused-ring (bicyclic) bond motifs is 1. The summed E-state index contributed by atoms with van der Waals surface area (Å²) in [6, 6.07) is 0. The molecule has 8 heteroatoms. The third-order valence-corrected chi connectivity index (χ3v) is 5.95. The highest BCUT2D eigenvalue weighted by Crippen LogP contribution is 2.32. The summed E-state index contributed by atoms with van der Waals surface area (Å²) in [5.74, 6) is 0.00286. The SMILES string of the molecule is C[C@H]1CCc2c(C(=O)NS(=O)(=O)c3cnccn3)csc2C1. The fourth-order valence-corrected chi connectivity index (χ4v) is 4.62. The minimum absolute atomic E-state index is 0.263. The maximum Gasteiger partial charge on any atom is 0.283 e. The van der Waals surface area contributed by atoms with Crippen LogP contribution in [0.4, 0.5) is 0 Å². The van der Waals surface area contributed by atoms with Crippen LogP contribution >= 0.6 is 11.3 Å². The molecule has 1 amide bonds. The Hall–Kier alpha value is -1.80. The van der Waals surface area contributed by atoms with Gasteiger partial charge in [-0.1, -0.05) is 6.92 Å². The molecule has 0 fully saturated rings. The molecule has 6 nitrogen and oxygen atoms in total. The van der Waals surface area contributed by atoms with E-state index in [0.717, 1.165) is 31.0 Å². The van der Waals surface area contributed by atoms with Crippen LogP contribution in [0.5, 0.6) is 0 Å². The third-order valence-electron chi connectivity index (χ3n) is 3.69. The fraction of sp³-hybridized carbons (Fsp3) is 0.357. The molecule has 2 heterocycles. The van der Waals surface area contributed by atoms with Gasteiger partial charge in [0.15, 0.2) is 5.03 Å². The van der Waals surface area contributed by atoms with Crippen LogP contribution in [0.15, 0.2) is 29.0 Å². The van der Waals surface area contributed by atoms with Crippen LogP contribution in [-0.2, 0) is 22.9 Å². The molecule has 3 rings (SSSR count). The number of sulfonamides is 1. The molecule has 0 saturated heterocycles. The molecule has 1 N–H and O–H groups in total. The number of nitrogens with one attached hydrogen (secondary N) is 1. The molecule has 2 aromatic heterocycles. The van der Waals surface area contributed by atoms with E-state index in [1.807, 2.05) is 0 Å². The van der Waals surface area contributed by atoms with Gasteiger partial charge in [-0.05, 0) is 30.7 Å². The van der Waals surface area contributed by atoms with Crippen LogP contribution in [0.1, 0.15) is 34.1 Å². The Morgan fingerprint density at radius 2 is 2.23 bits per heavy atom. The summed E-state index contributed by atoms with van der Waals surface area (Å²) in [4.78, 5) is 20.9. The predicted molar refractivity (Wildman–Crippen MR) is 82.2 cm³/mol. The van der Waals surface area contributed by atoms with Gasteiger partial charge in [0.25, 0.3) is 15.9 Å². The van der Waals surface area contributed by atoms with Gasteiger partial charge in [0.1, 0.15) is 0 Å². The minimum Gasteiger partial charge on any atom is -0.268 e. The van der Waals surface area contributed by atoms with E-state index in [1.165, 1.54) is 28.6 Å². The third kappa shape index (κ3) is 2.89. The van der Waals surface area contributed by atoms with Crippen molar-refractivity contribution < 1.29 is 13.2 Å². The molecular weight excluding hydrogens is 322 g/mol. The number of hydrogen-bond donors (Lipinski definition) is 1. The van der Waals surface area contributed by atoms with E-state index < -0.39 is 15.9 Å². The van der Waals surface area contributed by atoms with Crippen molar-refractivity contribution in [3.05, 3.63) is 40.0 Å². The maximum absolute atomic E-state index is 12.3. The zero-order valence-electron chi connectivity index (χ0n) is 11.9. The number of carbonyl (C=O) groups excluding carboxylic acids is 1. The van der Waals surface area contributed by atoms with Crippen LogP contribution in [-0.4, -0.2) is 24.3 Å². The van der Waals surface area contributed by atoms with Crippen LogP contribution in [0.3, 0.4) is 0 Å². The number of carbonyl (C=O) groups is 1. The van der Waals surface area contributed by atoms with Crippen molar-refractivity contribution in [2.75, 3.05) is 0 Å². The highest BCUT2D eigenvalue weighted by atomic mass is 32.2. The van der Waals surface area contributed by atoms with Crippen molar-refractivity contribution in [2.24, 2.45) is 5.92 Å². The quantitative estimate of drug-likeness (QED) is 0.922. The molecule has 0 aliphatic heterocycles. The molecule has 116 valence electrons. The van der Waals surface area contributed by atoms with Gasteiger partial charge in [-0.25, -0.2) is 9.71 Å². The smallest absolute Gasteiger partial charge is 0.268 e. The van der Waals surface area contributed by atoms with Gasteiger partial charge in [0, 0.05) is 22.7 Å². The summed E-state index contributed by atoms with van der Waals surface area (Å²) >= 11 is 1.52. The second kappa shape index (κ2) is 5.77. The summed E-state index contributed by atoms with van der Waals surface area (Å²) in [7, 11) is -3.99. The van der Waals surface area contributed by atoms with Crippen LogP contribution in [0.25, 0.3) is 0 Å². The predicted octanol–water partition coefficient (Wildman–Crippen LogP) is 1.78. The van der Waals surface area contributed by atoms with E-state index >= 15 is 0 Å². The van der Waals surface area contributed by atoms with Crippen LogP contribution in [0, 0.1) is 5.92 Å². The normalized spacial score (nSPS) is 17.8. The van der Waals surface area contributed by atoms with E-state index in [9.17, 15) is 13.2 Å². The topological polar surface area (TPSA) is 89.0 Å². The van der Waals surface area contributed by atoms with Crippen LogP contribution in [0.2, 0.25) is 0 Å². The summed E-state index contributed by atoms with van der Waals surface area (Å²) in [5, 5.41) is 1.48. The summed E-state index contributed by atoms with van der Waals surface area (Å²) < 4.78 is 26.3. The van der Waals surface area contributed by atoms with E-state index in [1.54, 1.807) is 5.38 Å². The highest BCUT2D eigenvalue weighted by molar-refractivity contribution is 7.90. The average molecular weight is 337 g/mol. The second-order valence-corrected chi connectivity index (χ2v) is 7.97. The Bertz CT molecular complexity index is 800. The molecule has 1 atom stereocenters. The monoisotopic (exact) mass is 337 g/mol. The highest BCUT2D eigenvalue weighted by Gasteiger charge is 2.26. The second-order valence-electron chi connectivity index (χ2n) is 5.38. The lowest BCUT2D eigenvalue weighted by atomic mass is 9.88. The lowest BCUT2D eigenvalue weighted by Crippen LogP contribution is -2.31. The van der Waals surface area contributed by atoms with Crippen molar-refractivity contribution in [3.8, 4) is 0 Å². The van der Waals surface area contributed by atoms with Crippen molar-refractivity contribution >= 4 is 27.3 Å². The standard InChI is InChI=1S/C14H15N3O3S2/c1-9-2-3-10-11(8-21-12(10)6-9)14(18)17-22(19,20)13-7-15-4-5-16-13/h4-5,7-9H,2-3,6H2,1H3,(H,17,18)/t9-/m0/s1. The Morgan fingerprint density at radius 1 is 1.41 bits per heavy atom. The fourth-order valence-electron chi connectivity index (χ4n) is 2.52. The molecule has 2 aromatic rings. The first-order valence-corrected chi connectivity index (χ1v) is 9.26. The van der Waals surface area contributed by atoms with Gasteiger partial charge in [-0.3, -0.25) is 9.78 Å². The van der Waals surface area contributed by atoms with E-state index in [-0.39, 0.29) is 5.03 Å². The summed E-state index contributed by atoms with van der Waals surface area (Å²) in [6.45, 7) is 2.18. The Morgan fingerprint density at radius 3 is 2.95 bits per heavy atom. The largest absolute Gasteiger partial charge is 0.283 e. The van der Waals surface area contributed by atoms with Gasteiger partial charge < -0.3 is 0 Å². The molecule has 1 aliphatic carbocycles. The van der Waals surface area contributed by atoms with E-state index in [2.05, 4.69) is 21.6 Å². The summed E-state index contributed by atoms with van der Waals surface area (Å²) in [6.07, 6.45) is 6.53. The van der Waals surface area contributed by atoms with Gasteiger partial charge in [-0.2, -0.15) is 8.42 Å². The van der Waals surface area contributed by atoms with E-state index in [4.69, 9.17) is 0 Å². The Kier molecular flexibility index (Phi) is 3.96. The van der Waals surface area contributed by atoms with Gasteiger partial charge in [0.2, 0.25) is 0 Å². The first kappa shape index (κ1) is 15.1. The Balaban J connectivity index is 1.84. The minimum atomic E-state index is -3.99. The van der Waals surface area contributed by atoms with Gasteiger partial charge in [-0.15, -0.1) is 11.3 Å². The molecule has 0 aromatic carbocycles. The van der Waals surface area contributed by atoms with Gasteiger partial charge >= 0.3 is 0 Å². The lowest BCUT2D eigenvalue weighted by Gasteiger charge is -2.18. The van der Waals surface area contributed by atoms with Crippen molar-refractivity contribution in [2.45, 2.75) is 31.2 Å². The van der Waals surface area contributed by atoms with E-state index in [0.29, 0.717) is 11.5 Å². The van der Waals surface area contributed by atoms with Crippen molar-refractivity contribution in [1.82, 2.24) is 14.7 Å². The number of thiophene rings is 1. The number of rotatable bonds is 3. The molecule has 0 bridgehead atoms. The molecule has 0 spiro atoms. The molecule has 0 radical (unpaired) electrons. The van der Waals surface area contributed by atoms with Gasteiger partial charge in [0.05, 0.1) is 11.8 Å². The molecule has 0 saturated carbocycles. The molecule has 1 aliphatic rings. The first-order valence-electron chi connectivity index (χ1n) is 6.90. The average Bonchev–Trinajstić information content (AvgIpc) is 2.90. The number of aromatic nitrogens is 2. The number of nitrogens with zero attached hydrogens (tertiary/aromatic N) is 2. The maximum atomic E-state index is 12.3. The zero-order chi connectivity index (χ0) is 15.7. The van der Waals surface area contributed by atoms with Crippen LogP contribution < -0.4 is 4.72 Å². The molecular formula is C14H15N3O3S2. The molecule has 0 unspecified atom stereocenters. The number of hydrogen-bond acceptors (Lipinski definition) is 6. The summed E-state index contributed by atoms with van der Waals surface area (Å²) in [5.41, 5.74) is 1.44. The number of amides is 1.